The van der Waals surface area contributed by atoms with Gasteiger partial charge in [-0.2, -0.15) is 0 Å². The van der Waals surface area contributed by atoms with E-state index >= 15 is 0 Å². The Kier molecular flexibility index (Phi) is 7.56. The van der Waals surface area contributed by atoms with Crippen LogP contribution in [0.3, 0.4) is 0 Å². The molecule has 1 aliphatic rings. The van der Waals surface area contributed by atoms with E-state index in [2.05, 4.69) is 55.9 Å². The van der Waals surface area contributed by atoms with Crippen LogP contribution in [0.15, 0.2) is 34.4 Å². The van der Waals surface area contributed by atoms with Crippen molar-refractivity contribution >= 4 is 30.2 Å². The molecule has 0 saturated heterocycles. The summed E-state index contributed by atoms with van der Waals surface area (Å²) in [4.78, 5) is 12.0. The Labute approximate surface area is 165 Å². The van der Waals surface area contributed by atoms with Gasteiger partial charge in [0, 0.05) is 8.31 Å². The number of allylic oxidation sites excluding steroid dienone is 3. The van der Waals surface area contributed by atoms with E-state index in [-0.39, 0.29) is 11.5 Å². The molecule has 1 heterocycles. The number of hydrogen-bond acceptors (Lipinski definition) is 3. The largest absolute Gasteiger partial charge is 0.428 e. The zero-order chi connectivity index (χ0) is 20.9. The van der Waals surface area contributed by atoms with Crippen LogP contribution in [0.5, 0.6) is 0 Å². The van der Waals surface area contributed by atoms with Gasteiger partial charge in [-0.1, -0.05) is 51.5 Å². The third-order valence-electron chi connectivity index (χ3n) is 4.63. The van der Waals surface area contributed by atoms with Gasteiger partial charge < -0.3 is 9.16 Å². The van der Waals surface area contributed by atoms with Crippen molar-refractivity contribution in [2.75, 3.05) is 0 Å². The molecule has 1 atom stereocenters. The van der Waals surface area contributed by atoms with Gasteiger partial charge in [0.15, 0.2) is 8.32 Å². The third-order valence-corrected chi connectivity index (χ3v) is 9.83. The number of rotatable bonds is 9. The minimum atomic E-state index is -2.12. The zero-order valence-corrected chi connectivity index (χ0v) is 18.9. The highest BCUT2D eigenvalue weighted by Gasteiger charge is 2.43. The van der Waals surface area contributed by atoms with Crippen molar-refractivity contribution in [3.05, 3.63) is 34.4 Å². The van der Waals surface area contributed by atoms with Gasteiger partial charge in [0.05, 0.1) is 0 Å². The molecule has 0 spiro atoms. The fourth-order valence-electron chi connectivity index (χ4n) is 2.00. The SMILES string of the molecule is [2H]C([2H])(C/C=C/C1=C(Br)C(=O)OC1O[Si](C)(C)C(C)(C)C)CCC/C=C/C. The van der Waals surface area contributed by atoms with E-state index in [4.69, 9.17) is 11.9 Å². The van der Waals surface area contributed by atoms with E-state index in [1.807, 2.05) is 13.0 Å². The molecule has 5 heteroatoms. The Morgan fingerprint density at radius 1 is 1.28 bits per heavy atom. The van der Waals surface area contributed by atoms with Crippen LogP contribution in [-0.4, -0.2) is 20.6 Å². The fourth-order valence-corrected chi connectivity index (χ4v) is 3.48. The van der Waals surface area contributed by atoms with E-state index in [0.29, 0.717) is 16.5 Å². The van der Waals surface area contributed by atoms with Crippen molar-refractivity contribution < 1.29 is 16.7 Å². The lowest BCUT2D eigenvalue weighted by atomic mass is 10.1. The molecule has 25 heavy (non-hydrogen) atoms. The first-order valence-electron chi connectivity index (χ1n) is 9.87. The Morgan fingerprint density at radius 3 is 2.56 bits per heavy atom. The molecule has 0 amide bonds. The lowest BCUT2D eigenvalue weighted by Crippen LogP contribution is -2.44. The molecular weight excluding hydrogens is 396 g/mol. The number of hydrogen-bond donors (Lipinski definition) is 0. The monoisotopic (exact) mass is 430 g/mol. The summed E-state index contributed by atoms with van der Waals surface area (Å²) >= 11 is 3.30. The fraction of sp³-hybridized carbons (Fsp3) is 0.650. The first-order valence-corrected chi connectivity index (χ1v) is 12.6. The third kappa shape index (κ3) is 6.87. The van der Waals surface area contributed by atoms with Gasteiger partial charge in [-0.15, -0.1) is 0 Å². The lowest BCUT2D eigenvalue weighted by Gasteiger charge is -2.37. The van der Waals surface area contributed by atoms with Crippen molar-refractivity contribution in [2.45, 2.75) is 84.2 Å². The number of cyclic esters (lactones) is 1. The van der Waals surface area contributed by atoms with Crippen LogP contribution in [0.1, 0.15) is 62.5 Å². The molecule has 1 rings (SSSR count). The minimum absolute atomic E-state index is 0.00621. The second-order valence-corrected chi connectivity index (χ2v) is 13.3. The van der Waals surface area contributed by atoms with Crippen LogP contribution in [0.2, 0.25) is 18.1 Å². The summed E-state index contributed by atoms with van der Waals surface area (Å²) < 4.78 is 28.3. The van der Waals surface area contributed by atoms with E-state index in [1.54, 1.807) is 12.2 Å². The molecule has 0 aliphatic carbocycles. The number of unbranched alkanes of at least 4 members (excludes halogenated alkanes) is 1. The smallest absolute Gasteiger partial charge is 0.348 e. The van der Waals surface area contributed by atoms with Crippen molar-refractivity contribution in [1.29, 1.82) is 0 Å². The lowest BCUT2D eigenvalue weighted by molar-refractivity contribution is -0.149. The highest BCUT2D eigenvalue weighted by molar-refractivity contribution is 9.12. The number of carbonyl (C=O) groups excluding carboxylic acids is 1. The van der Waals surface area contributed by atoms with Gasteiger partial charge in [-0.25, -0.2) is 4.79 Å². The molecular formula is C20H33BrO3Si. The van der Waals surface area contributed by atoms with E-state index < -0.39 is 26.9 Å². The Balaban J connectivity index is 2.79. The molecule has 0 N–H and O–H groups in total. The summed E-state index contributed by atoms with van der Waals surface area (Å²) in [6, 6.07) is 0. The maximum absolute atomic E-state index is 12.0. The number of carbonyl (C=O) groups is 1. The van der Waals surface area contributed by atoms with Crippen LogP contribution < -0.4 is 0 Å². The van der Waals surface area contributed by atoms with E-state index in [9.17, 15) is 4.79 Å². The maximum atomic E-state index is 12.0. The molecule has 3 nitrogen and oxygen atoms in total. The Bertz CT molecular complexity index is 619. The minimum Gasteiger partial charge on any atom is -0.428 e. The summed E-state index contributed by atoms with van der Waals surface area (Å²) in [6.07, 6.45) is 8.06. The van der Waals surface area contributed by atoms with Crippen molar-refractivity contribution in [1.82, 2.24) is 0 Å². The predicted molar refractivity (Wildman–Crippen MR) is 111 cm³/mol. The van der Waals surface area contributed by atoms with Gasteiger partial charge in [0.1, 0.15) is 4.48 Å². The summed E-state index contributed by atoms with van der Waals surface area (Å²) in [7, 11) is -2.12. The van der Waals surface area contributed by atoms with Crippen molar-refractivity contribution in [2.24, 2.45) is 0 Å². The maximum Gasteiger partial charge on any atom is 0.348 e. The second-order valence-electron chi connectivity index (χ2n) is 7.70. The van der Waals surface area contributed by atoms with Gasteiger partial charge in [-0.05, 0) is 66.6 Å². The van der Waals surface area contributed by atoms with Crippen molar-refractivity contribution in [3.8, 4) is 0 Å². The highest BCUT2D eigenvalue weighted by atomic mass is 79.9. The highest BCUT2D eigenvalue weighted by Crippen LogP contribution is 2.40. The Hall–Kier alpha value is -0.653. The summed E-state index contributed by atoms with van der Waals surface area (Å²) in [6.45, 7) is 12.6. The van der Waals surface area contributed by atoms with Crippen LogP contribution in [0.4, 0.5) is 0 Å². The zero-order valence-electron chi connectivity index (χ0n) is 18.3. The van der Waals surface area contributed by atoms with Crippen LogP contribution in [-0.2, 0) is 14.0 Å². The first-order chi connectivity index (χ1) is 12.3. The van der Waals surface area contributed by atoms with E-state index in [0.717, 1.165) is 12.8 Å². The number of ether oxygens (including phenoxy) is 1. The second kappa shape index (κ2) is 9.88. The van der Waals surface area contributed by atoms with Gasteiger partial charge in [0.25, 0.3) is 0 Å². The molecule has 1 unspecified atom stereocenters. The molecule has 0 saturated carbocycles. The molecule has 142 valence electrons. The molecule has 1 aliphatic heterocycles. The standard InChI is InChI=1S/C20H33BrO3Si/c1-7-8-9-10-11-12-13-14-15-16-17(21)18(22)23-19(16)24-25(5,6)20(2,3)4/h7-8,14-15,19H,9-13H2,1-6H3/b8-7+,15-14+/i12D2. The van der Waals surface area contributed by atoms with Crippen molar-refractivity contribution in [3.63, 3.8) is 0 Å². The van der Waals surface area contributed by atoms with Gasteiger partial charge in [0.2, 0.25) is 6.29 Å². The quantitative estimate of drug-likeness (QED) is 0.178. The summed E-state index contributed by atoms with van der Waals surface area (Å²) in [5, 5.41) is -0.00621. The summed E-state index contributed by atoms with van der Waals surface area (Å²) in [5.74, 6) is -0.437. The first kappa shape index (κ1) is 19.1. The molecule has 0 aromatic carbocycles. The van der Waals surface area contributed by atoms with Gasteiger partial charge >= 0.3 is 5.97 Å². The number of esters is 1. The van der Waals surface area contributed by atoms with Crippen LogP contribution >= 0.6 is 15.9 Å². The van der Waals surface area contributed by atoms with Crippen LogP contribution in [0, 0.1) is 0 Å². The van der Waals surface area contributed by atoms with E-state index in [1.165, 1.54) is 0 Å². The molecule has 0 radical (unpaired) electrons. The molecule has 0 aromatic rings. The van der Waals surface area contributed by atoms with Crippen LogP contribution in [0.25, 0.3) is 0 Å². The topological polar surface area (TPSA) is 35.5 Å². The normalized spacial score (nSPS) is 21.2. The molecule has 0 fully saturated rings. The molecule has 0 aromatic heterocycles. The molecule has 0 bridgehead atoms. The Morgan fingerprint density at radius 2 is 1.96 bits per heavy atom. The number of halogens is 1. The predicted octanol–water partition coefficient (Wildman–Crippen LogP) is 6.62. The van der Waals surface area contributed by atoms with Gasteiger partial charge in [-0.3, -0.25) is 0 Å². The average molecular weight is 431 g/mol. The summed E-state index contributed by atoms with van der Waals surface area (Å²) in [5.41, 5.74) is 0.634. The average Bonchev–Trinajstić information content (AvgIpc) is 2.77.